The monoisotopic (exact) mass is 385 g/mol. The van der Waals surface area contributed by atoms with Crippen molar-refractivity contribution in [2.75, 3.05) is 11.1 Å². The maximum atomic E-state index is 12.2. The number of hydrogen-bond acceptors (Lipinski definition) is 3. The summed E-state index contributed by atoms with van der Waals surface area (Å²) < 4.78 is 0. The minimum Gasteiger partial charge on any atom is -0.332 e. The van der Waals surface area contributed by atoms with Gasteiger partial charge >= 0.3 is 0 Å². The third kappa shape index (κ3) is 4.32. The van der Waals surface area contributed by atoms with Crippen molar-refractivity contribution in [1.29, 1.82) is 0 Å². The van der Waals surface area contributed by atoms with E-state index in [-0.39, 0.29) is 11.7 Å². The third-order valence-corrected chi connectivity index (χ3v) is 5.06. The van der Waals surface area contributed by atoms with Gasteiger partial charge in [-0.2, -0.15) is 0 Å². The van der Waals surface area contributed by atoms with Crippen molar-refractivity contribution in [3.05, 3.63) is 91.0 Å². The summed E-state index contributed by atoms with van der Waals surface area (Å²) in [4.78, 5) is 20.4. The molecule has 28 heavy (non-hydrogen) atoms. The zero-order valence-electron chi connectivity index (χ0n) is 15.1. The summed E-state index contributed by atoms with van der Waals surface area (Å²) in [6.07, 6.45) is 0. The maximum Gasteiger partial charge on any atom is 0.234 e. The van der Waals surface area contributed by atoms with E-state index >= 15 is 0 Å². The fourth-order valence-electron chi connectivity index (χ4n) is 2.89. The predicted molar refractivity (Wildman–Crippen MR) is 115 cm³/mol. The maximum absolute atomic E-state index is 12.2. The van der Waals surface area contributed by atoms with Crippen LogP contribution in [0, 0.1) is 0 Å². The number of benzene rings is 3. The number of para-hydroxylation sites is 1. The molecule has 0 saturated carbocycles. The standard InChI is InChI=1S/C23H19N3OS/c27-20(24-19-14-8-3-9-15-19)16-28-23-25-21(17-10-4-1-5-11-17)22(26-23)18-12-6-2-7-13-18/h1-15H,16H2,(H,24,27)(H,25,26). The third-order valence-electron chi connectivity index (χ3n) is 4.19. The van der Waals surface area contributed by atoms with E-state index in [2.05, 4.69) is 22.4 Å². The lowest BCUT2D eigenvalue weighted by Crippen LogP contribution is -2.13. The topological polar surface area (TPSA) is 57.8 Å². The van der Waals surface area contributed by atoms with Crippen molar-refractivity contribution in [1.82, 2.24) is 9.97 Å². The van der Waals surface area contributed by atoms with Gasteiger partial charge in [-0.3, -0.25) is 4.79 Å². The lowest BCUT2D eigenvalue weighted by Gasteiger charge is -2.03. The Labute approximate surface area is 168 Å². The molecular weight excluding hydrogens is 366 g/mol. The zero-order chi connectivity index (χ0) is 19.2. The molecular formula is C23H19N3OS. The number of nitrogens with zero attached hydrogens (tertiary/aromatic N) is 1. The highest BCUT2D eigenvalue weighted by Crippen LogP contribution is 2.32. The van der Waals surface area contributed by atoms with E-state index in [0.717, 1.165) is 33.4 Å². The van der Waals surface area contributed by atoms with Crippen LogP contribution in [0.25, 0.3) is 22.5 Å². The van der Waals surface area contributed by atoms with Crippen molar-refractivity contribution < 1.29 is 4.79 Å². The fraction of sp³-hybridized carbons (Fsp3) is 0.0435. The summed E-state index contributed by atoms with van der Waals surface area (Å²) in [6.45, 7) is 0. The van der Waals surface area contributed by atoms with E-state index in [4.69, 9.17) is 4.98 Å². The second-order valence-corrected chi connectivity index (χ2v) is 7.16. The minimum atomic E-state index is -0.0601. The van der Waals surface area contributed by atoms with E-state index in [1.165, 1.54) is 11.8 Å². The van der Waals surface area contributed by atoms with Crippen molar-refractivity contribution >= 4 is 23.4 Å². The number of aromatic nitrogens is 2. The molecule has 0 radical (unpaired) electrons. The molecule has 0 bridgehead atoms. The number of aromatic amines is 1. The molecule has 0 aliphatic carbocycles. The normalized spacial score (nSPS) is 10.6. The average Bonchev–Trinajstić information content (AvgIpc) is 3.19. The zero-order valence-corrected chi connectivity index (χ0v) is 15.9. The van der Waals surface area contributed by atoms with Crippen LogP contribution >= 0.6 is 11.8 Å². The van der Waals surface area contributed by atoms with Gasteiger partial charge in [0, 0.05) is 16.8 Å². The summed E-state index contributed by atoms with van der Waals surface area (Å²) in [5, 5.41) is 3.62. The van der Waals surface area contributed by atoms with Gasteiger partial charge in [0.05, 0.1) is 17.1 Å². The Morgan fingerprint density at radius 1 is 0.821 bits per heavy atom. The molecule has 0 saturated heterocycles. The Bertz CT molecular complexity index is 990. The second kappa shape index (κ2) is 8.59. The smallest absolute Gasteiger partial charge is 0.234 e. The van der Waals surface area contributed by atoms with Crippen molar-refractivity contribution in [3.8, 4) is 22.5 Å². The van der Waals surface area contributed by atoms with Gasteiger partial charge in [0.2, 0.25) is 5.91 Å². The summed E-state index contributed by atoms with van der Waals surface area (Å²) in [5.74, 6) is 0.223. The molecule has 4 nitrogen and oxygen atoms in total. The number of carbonyl (C=O) groups is 1. The van der Waals surface area contributed by atoms with Crippen molar-refractivity contribution in [2.45, 2.75) is 5.16 Å². The lowest BCUT2D eigenvalue weighted by atomic mass is 10.1. The number of hydrogen-bond donors (Lipinski definition) is 2. The van der Waals surface area contributed by atoms with Crippen LogP contribution in [0.15, 0.2) is 96.2 Å². The van der Waals surface area contributed by atoms with Gasteiger partial charge in [0.15, 0.2) is 5.16 Å². The minimum absolute atomic E-state index is 0.0601. The molecule has 4 rings (SSSR count). The first-order valence-corrected chi connectivity index (χ1v) is 9.97. The average molecular weight is 385 g/mol. The Morgan fingerprint density at radius 3 is 2.04 bits per heavy atom. The van der Waals surface area contributed by atoms with Gasteiger partial charge in [-0.15, -0.1) is 0 Å². The van der Waals surface area contributed by atoms with Crippen LogP contribution in [0.4, 0.5) is 5.69 Å². The molecule has 0 fully saturated rings. The van der Waals surface area contributed by atoms with E-state index in [0.29, 0.717) is 0 Å². The van der Waals surface area contributed by atoms with Crippen LogP contribution in [-0.2, 0) is 4.79 Å². The SMILES string of the molecule is O=C(CSc1nc(-c2ccccc2)c(-c2ccccc2)[nH]1)Nc1ccccc1. The number of carbonyl (C=O) groups excluding carboxylic acids is 1. The Morgan fingerprint density at radius 2 is 1.39 bits per heavy atom. The molecule has 4 aromatic rings. The van der Waals surface area contributed by atoms with Gasteiger partial charge < -0.3 is 10.3 Å². The Kier molecular flexibility index (Phi) is 5.54. The molecule has 0 unspecified atom stereocenters. The molecule has 2 N–H and O–H groups in total. The number of thioether (sulfide) groups is 1. The van der Waals surface area contributed by atoms with Gasteiger partial charge in [-0.1, -0.05) is 90.6 Å². The van der Waals surface area contributed by atoms with E-state index in [9.17, 15) is 4.79 Å². The second-order valence-electron chi connectivity index (χ2n) is 6.20. The van der Waals surface area contributed by atoms with E-state index in [1.807, 2.05) is 78.9 Å². The van der Waals surface area contributed by atoms with Gasteiger partial charge in [0.1, 0.15) is 0 Å². The molecule has 5 heteroatoms. The van der Waals surface area contributed by atoms with Gasteiger partial charge in [-0.25, -0.2) is 4.98 Å². The van der Waals surface area contributed by atoms with Crippen molar-refractivity contribution in [3.63, 3.8) is 0 Å². The molecule has 0 aliphatic heterocycles. The van der Waals surface area contributed by atoms with Crippen LogP contribution < -0.4 is 5.32 Å². The molecule has 3 aromatic carbocycles. The number of nitrogens with one attached hydrogen (secondary N) is 2. The number of imidazole rings is 1. The molecule has 138 valence electrons. The molecule has 0 spiro atoms. The van der Waals surface area contributed by atoms with Crippen LogP contribution in [0.2, 0.25) is 0 Å². The first kappa shape index (κ1) is 18.1. The number of H-pyrrole nitrogens is 1. The Balaban J connectivity index is 1.55. The molecule has 0 aliphatic rings. The van der Waals surface area contributed by atoms with Crippen LogP contribution in [-0.4, -0.2) is 21.6 Å². The highest BCUT2D eigenvalue weighted by atomic mass is 32.2. The first-order chi connectivity index (χ1) is 13.8. The number of anilines is 1. The summed E-state index contributed by atoms with van der Waals surface area (Å²) in [5.41, 5.74) is 4.74. The fourth-order valence-corrected chi connectivity index (χ4v) is 3.56. The highest BCUT2D eigenvalue weighted by Gasteiger charge is 2.15. The largest absolute Gasteiger partial charge is 0.332 e. The van der Waals surface area contributed by atoms with E-state index in [1.54, 1.807) is 0 Å². The quantitative estimate of drug-likeness (QED) is 0.432. The van der Waals surface area contributed by atoms with Gasteiger partial charge in [-0.05, 0) is 12.1 Å². The number of rotatable bonds is 6. The molecule has 1 aromatic heterocycles. The first-order valence-electron chi connectivity index (χ1n) is 8.98. The van der Waals surface area contributed by atoms with Crippen molar-refractivity contribution in [2.24, 2.45) is 0 Å². The lowest BCUT2D eigenvalue weighted by molar-refractivity contribution is -0.113. The van der Waals surface area contributed by atoms with E-state index < -0.39 is 0 Å². The van der Waals surface area contributed by atoms with Gasteiger partial charge in [0.25, 0.3) is 0 Å². The molecule has 0 atom stereocenters. The summed E-state index contributed by atoms with van der Waals surface area (Å²) in [7, 11) is 0. The number of amides is 1. The highest BCUT2D eigenvalue weighted by molar-refractivity contribution is 7.99. The Hall–Kier alpha value is -3.31. The summed E-state index contributed by atoms with van der Waals surface area (Å²) >= 11 is 1.39. The van der Waals surface area contributed by atoms with Crippen LogP contribution in [0.1, 0.15) is 0 Å². The molecule has 1 heterocycles. The predicted octanol–water partition coefficient (Wildman–Crippen LogP) is 5.47. The summed E-state index contributed by atoms with van der Waals surface area (Å²) in [6, 6.07) is 29.6. The van der Waals surface area contributed by atoms with Crippen LogP contribution in [0.5, 0.6) is 0 Å². The van der Waals surface area contributed by atoms with Crippen LogP contribution in [0.3, 0.4) is 0 Å². The molecule has 1 amide bonds.